The third kappa shape index (κ3) is 3.68. The van der Waals surface area contributed by atoms with Crippen LogP contribution in [0.15, 0.2) is 18.3 Å². The Morgan fingerprint density at radius 3 is 2.43 bits per heavy atom. The normalized spacial score (nSPS) is 12.2. The van der Waals surface area contributed by atoms with E-state index >= 15 is 0 Å². The lowest BCUT2D eigenvalue weighted by atomic mass is 10.1. The highest BCUT2D eigenvalue weighted by Gasteiger charge is 2.32. The average Bonchev–Trinajstić information content (AvgIpc) is 2.67. The summed E-state index contributed by atoms with van der Waals surface area (Å²) < 4.78 is 39.0. The number of hydrogen-bond acceptors (Lipinski definition) is 2. The van der Waals surface area contributed by atoms with E-state index in [0.717, 1.165) is 11.8 Å². The number of pyridine rings is 1. The molecule has 0 saturated carbocycles. The van der Waals surface area contributed by atoms with Gasteiger partial charge < -0.3 is 0 Å². The summed E-state index contributed by atoms with van der Waals surface area (Å²) >= 11 is 11.9. The molecule has 114 valence electrons. The lowest BCUT2D eigenvalue weighted by molar-refractivity contribution is -0.137. The highest BCUT2D eigenvalue weighted by molar-refractivity contribution is 6.33. The first-order valence-corrected chi connectivity index (χ1v) is 6.91. The SMILES string of the molecule is CC(C)Cc1cc(Cl)n(-c2ncc(C(F)(F)F)cc2Cl)n1. The fourth-order valence-electron chi connectivity index (χ4n) is 1.81. The first-order chi connectivity index (χ1) is 9.68. The minimum absolute atomic E-state index is 0.0738. The molecule has 3 nitrogen and oxygen atoms in total. The Kier molecular flexibility index (Phi) is 4.49. The molecule has 0 unspecified atom stereocenters. The van der Waals surface area contributed by atoms with Crippen LogP contribution in [-0.2, 0) is 12.6 Å². The molecule has 2 aromatic rings. The topological polar surface area (TPSA) is 30.7 Å². The van der Waals surface area contributed by atoms with Gasteiger partial charge in [-0.1, -0.05) is 37.0 Å². The maximum absolute atomic E-state index is 12.6. The highest BCUT2D eigenvalue weighted by Crippen LogP contribution is 2.32. The number of alkyl halides is 3. The monoisotopic (exact) mass is 337 g/mol. The average molecular weight is 338 g/mol. The molecule has 0 aliphatic carbocycles. The van der Waals surface area contributed by atoms with Gasteiger partial charge in [0.1, 0.15) is 5.15 Å². The zero-order valence-corrected chi connectivity index (χ0v) is 12.8. The van der Waals surface area contributed by atoms with Gasteiger partial charge in [-0.15, -0.1) is 0 Å². The second-order valence-corrected chi connectivity index (χ2v) is 5.79. The van der Waals surface area contributed by atoms with Crippen molar-refractivity contribution in [3.8, 4) is 5.82 Å². The minimum Gasteiger partial charge on any atom is -0.235 e. The standard InChI is InChI=1S/C13H12Cl2F3N3/c1-7(2)3-9-5-11(15)21(20-9)12-10(14)4-8(6-19-12)13(16,17)18/h4-7H,3H2,1-2H3. The Morgan fingerprint density at radius 2 is 1.90 bits per heavy atom. The number of hydrogen-bond donors (Lipinski definition) is 0. The Morgan fingerprint density at radius 1 is 1.24 bits per heavy atom. The van der Waals surface area contributed by atoms with Gasteiger partial charge >= 0.3 is 6.18 Å². The molecule has 0 N–H and O–H groups in total. The Hall–Kier alpha value is -1.27. The summed E-state index contributed by atoms with van der Waals surface area (Å²) in [5, 5.41) is 4.32. The molecule has 21 heavy (non-hydrogen) atoms. The summed E-state index contributed by atoms with van der Waals surface area (Å²) in [6.45, 7) is 4.05. The number of nitrogens with zero attached hydrogens (tertiary/aromatic N) is 3. The van der Waals surface area contributed by atoms with Crippen LogP contribution in [0.5, 0.6) is 0 Å². The summed E-state index contributed by atoms with van der Waals surface area (Å²) in [7, 11) is 0. The van der Waals surface area contributed by atoms with Crippen LogP contribution in [0.1, 0.15) is 25.1 Å². The van der Waals surface area contributed by atoms with Crippen LogP contribution in [0.3, 0.4) is 0 Å². The van der Waals surface area contributed by atoms with Gasteiger partial charge in [0.15, 0.2) is 5.82 Å². The van der Waals surface area contributed by atoms with E-state index in [-0.39, 0.29) is 16.0 Å². The predicted octanol–water partition coefficient (Wildman–Crippen LogP) is 4.79. The van der Waals surface area contributed by atoms with Crippen LogP contribution in [0, 0.1) is 5.92 Å². The molecule has 2 rings (SSSR count). The Bertz CT molecular complexity index is 651. The molecule has 0 radical (unpaired) electrons. The second kappa shape index (κ2) is 5.85. The number of aromatic nitrogens is 3. The van der Waals surface area contributed by atoms with Gasteiger partial charge in [0.2, 0.25) is 0 Å². The molecule has 2 aromatic heterocycles. The van der Waals surface area contributed by atoms with Crippen LogP contribution in [0.2, 0.25) is 10.2 Å². The molecule has 0 aromatic carbocycles. The maximum atomic E-state index is 12.6. The molecular weight excluding hydrogens is 326 g/mol. The zero-order chi connectivity index (χ0) is 15.8. The van der Waals surface area contributed by atoms with Crippen molar-refractivity contribution < 1.29 is 13.2 Å². The predicted molar refractivity (Wildman–Crippen MR) is 74.9 cm³/mol. The molecule has 0 spiro atoms. The lowest BCUT2D eigenvalue weighted by Gasteiger charge is -2.09. The number of halogens is 5. The molecular formula is C13H12Cl2F3N3. The second-order valence-electron chi connectivity index (χ2n) is 5.00. The van der Waals surface area contributed by atoms with Crippen LogP contribution in [-0.4, -0.2) is 14.8 Å². The molecule has 2 heterocycles. The summed E-state index contributed by atoms with van der Waals surface area (Å²) in [4.78, 5) is 3.73. The van der Waals surface area contributed by atoms with Gasteiger partial charge in [0.25, 0.3) is 0 Å². The molecule has 0 aliphatic heterocycles. The van der Waals surface area contributed by atoms with Crippen molar-refractivity contribution in [1.29, 1.82) is 0 Å². The fourth-order valence-corrected chi connectivity index (χ4v) is 2.30. The van der Waals surface area contributed by atoms with Gasteiger partial charge in [-0.3, -0.25) is 0 Å². The van der Waals surface area contributed by atoms with E-state index in [4.69, 9.17) is 23.2 Å². The summed E-state index contributed by atoms with van der Waals surface area (Å²) in [5.74, 6) is 0.449. The van der Waals surface area contributed by atoms with Gasteiger partial charge in [-0.05, 0) is 24.5 Å². The van der Waals surface area contributed by atoms with Crippen molar-refractivity contribution in [3.05, 3.63) is 39.8 Å². The van der Waals surface area contributed by atoms with E-state index < -0.39 is 11.7 Å². The first-order valence-electron chi connectivity index (χ1n) is 6.16. The third-order valence-electron chi connectivity index (χ3n) is 2.68. The Labute approximate surface area is 129 Å². The van der Waals surface area contributed by atoms with E-state index in [0.29, 0.717) is 18.5 Å². The molecule has 8 heteroatoms. The molecule has 0 aliphatic rings. The van der Waals surface area contributed by atoms with Crippen LogP contribution >= 0.6 is 23.2 Å². The van der Waals surface area contributed by atoms with Crippen LogP contribution in [0.25, 0.3) is 5.82 Å². The smallest absolute Gasteiger partial charge is 0.235 e. The van der Waals surface area contributed by atoms with Gasteiger partial charge in [0.05, 0.1) is 16.3 Å². The van der Waals surface area contributed by atoms with E-state index in [9.17, 15) is 13.2 Å². The highest BCUT2D eigenvalue weighted by atomic mass is 35.5. The van der Waals surface area contributed by atoms with E-state index in [1.54, 1.807) is 6.07 Å². The molecule has 0 atom stereocenters. The molecule has 0 bridgehead atoms. The van der Waals surface area contributed by atoms with Crippen LogP contribution in [0.4, 0.5) is 13.2 Å². The maximum Gasteiger partial charge on any atom is 0.417 e. The summed E-state index contributed by atoms with van der Waals surface area (Å²) in [6.07, 6.45) is -3.09. The van der Waals surface area contributed by atoms with E-state index in [2.05, 4.69) is 10.1 Å². The molecule has 0 amide bonds. The number of rotatable bonds is 3. The minimum atomic E-state index is -4.49. The van der Waals surface area contributed by atoms with Crippen molar-refractivity contribution in [2.45, 2.75) is 26.4 Å². The molecule has 0 saturated heterocycles. The lowest BCUT2D eigenvalue weighted by Crippen LogP contribution is -2.08. The summed E-state index contributed by atoms with van der Waals surface area (Å²) in [6, 6.07) is 2.46. The van der Waals surface area contributed by atoms with Crippen LogP contribution < -0.4 is 0 Å². The van der Waals surface area contributed by atoms with Crippen molar-refractivity contribution >= 4 is 23.2 Å². The van der Waals surface area contributed by atoms with Gasteiger partial charge in [0, 0.05) is 6.20 Å². The quantitative estimate of drug-likeness (QED) is 0.805. The first kappa shape index (κ1) is 16.1. The van der Waals surface area contributed by atoms with E-state index in [1.807, 2.05) is 13.8 Å². The van der Waals surface area contributed by atoms with Crippen molar-refractivity contribution in [2.24, 2.45) is 5.92 Å². The zero-order valence-electron chi connectivity index (χ0n) is 11.2. The fraction of sp³-hybridized carbons (Fsp3) is 0.385. The molecule has 0 fully saturated rings. The van der Waals surface area contributed by atoms with Crippen molar-refractivity contribution in [2.75, 3.05) is 0 Å². The Balaban J connectivity index is 2.41. The van der Waals surface area contributed by atoms with Gasteiger partial charge in [-0.25, -0.2) is 9.67 Å². The largest absolute Gasteiger partial charge is 0.417 e. The van der Waals surface area contributed by atoms with Crippen molar-refractivity contribution in [1.82, 2.24) is 14.8 Å². The van der Waals surface area contributed by atoms with E-state index in [1.165, 1.54) is 4.68 Å². The van der Waals surface area contributed by atoms with Crippen molar-refractivity contribution in [3.63, 3.8) is 0 Å². The summed E-state index contributed by atoms with van der Waals surface area (Å²) in [5.41, 5.74) is -0.185. The van der Waals surface area contributed by atoms with Gasteiger partial charge in [-0.2, -0.15) is 18.3 Å². The third-order valence-corrected chi connectivity index (χ3v) is 3.23.